The van der Waals surface area contributed by atoms with Gasteiger partial charge in [0.2, 0.25) is 0 Å². The quantitative estimate of drug-likeness (QED) is 0.704. The summed E-state index contributed by atoms with van der Waals surface area (Å²) in [5, 5.41) is 13.3. The zero-order chi connectivity index (χ0) is 10.6. The molecule has 3 unspecified atom stereocenters. The Bertz CT molecular complexity index is 171. The van der Waals surface area contributed by atoms with Gasteiger partial charge in [0, 0.05) is 19.2 Å². The first-order valence-corrected chi connectivity index (χ1v) is 5.62. The Balaban J connectivity index is 2.25. The molecule has 1 fully saturated rings. The van der Waals surface area contributed by atoms with E-state index in [1.165, 1.54) is 0 Å². The summed E-state index contributed by atoms with van der Waals surface area (Å²) < 4.78 is 5.45. The second kappa shape index (κ2) is 5.10. The summed E-state index contributed by atoms with van der Waals surface area (Å²) in [7, 11) is 0. The molecule has 0 radical (unpaired) electrons. The molecule has 1 rings (SSSR count). The molecular formula is C11H23NO2. The van der Waals surface area contributed by atoms with E-state index in [2.05, 4.69) is 19.2 Å². The highest BCUT2D eigenvalue weighted by Gasteiger charge is 2.27. The molecule has 1 aliphatic rings. The van der Waals surface area contributed by atoms with Gasteiger partial charge in [0.1, 0.15) is 0 Å². The van der Waals surface area contributed by atoms with Gasteiger partial charge in [-0.1, -0.05) is 13.3 Å². The summed E-state index contributed by atoms with van der Waals surface area (Å²) in [6.45, 7) is 7.58. The number of hydrogen-bond donors (Lipinski definition) is 2. The summed E-state index contributed by atoms with van der Waals surface area (Å²) in [5.74, 6) is 0. The molecule has 0 spiro atoms. The smallest absolute Gasteiger partial charge is 0.0743 e. The largest absolute Gasteiger partial charge is 0.389 e. The fourth-order valence-corrected chi connectivity index (χ4v) is 1.98. The average molecular weight is 201 g/mol. The van der Waals surface area contributed by atoms with Gasteiger partial charge in [0.15, 0.2) is 0 Å². The molecule has 0 aromatic rings. The first-order valence-electron chi connectivity index (χ1n) is 5.62. The van der Waals surface area contributed by atoms with Gasteiger partial charge in [-0.2, -0.15) is 0 Å². The molecule has 14 heavy (non-hydrogen) atoms. The third-order valence-electron chi connectivity index (χ3n) is 2.91. The summed E-state index contributed by atoms with van der Waals surface area (Å²) in [6.07, 6.45) is 3.21. The first kappa shape index (κ1) is 12.0. The Morgan fingerprint density at radius 3 is 2.79 bits per heavy atom. The molecule has 0 aromatic carbocycles. The lowest BCUT2D eigenvalue weighted by molar-refractivity contribution is 0.0424. The van der Waals surface area contributed by atoms with Crippen LogP contribution in [0.1, 0.15) is 40.0 Å². The van der Waals surface area contributed by atoms with Crippen LogP contribution in [0.3, 0.4) is 0 Å². The van der Waals surface area contributed by atoms with Crippen molar-refractivity contribution in [2.45, 2.75) is 57.8 Å². The Morgan fingerprint density at radius 2 is 2.29 bits per heavy atom. The minimum absolute atomic E-state index is 0.285. The maximum absolute atomic E-state index is 9.96. The predicted molar refractivity (Wildman–Crippen MR) is 57.4 cm³/mol. The van der Waals surface area contributed by atoms with Gasteiger partial charge in [-0.05, 0) is 26.7 Å². The van der Waals surface area contributed by atoms with Crippen LogP contribution < -0.4 is 5.32 Å². The van der Waals surface area contributed by atoms with Crippen molar-refractivity contribution in [3.63, 3.8) is 0 Å². The average Bonchev–Trinajstić information content (AvgIpc) is 2.48. The lowest BCUT2D eigenvalue weighted by Gasteiger charge is -2.26. The van der Waals surface area contributed by atoms with E-state index >= 15 is 0 Å². The highest BCUT2D eigenvalue weighted by atomic mass is 16.5. The van der Waals surface area contributed by atoms with Crippen LogP contribution in [0, 0.1) is 0 Å². The monoisotopic (exact) mass is 201 g/mol. The van der Waals surface area contributed by atoms with Gasteiger partial charge < -0.3 is 15.2 Å². The van der Waals surface area contributed by atoms with E-state index in [1.807, 2.05) is 6.92 Å². The SMILES string of the molecule is CCCC(C)(O)CNC1CCOC1C. The molecule has 1 saturated heterocycles. The summed E-state index contributed by atoms with van der Waals surface area (Å²) in [4.78, 5) is 0. The maximum atomic E-state index is 9.96. The van der Waals surface area contributed by atoms with Crippen LogP contribution in [0.15, 0.2) is 0 Å². The molecule has 3 nitrogen and oxygen atoms in total. The molecular weight excluding hydrogens is 178 g/mol. The zero-order valence-electron chi connectivity index (χ0n) is 9.55. The molecule has 0 saturated carbocycles. The fraction of sp³-hybridized carbons (Fsp3) is 1.00. The van der Waals surface area contributed by atoms with E-state index in [0.717, 1.165) is 25.9 Å². The number of hydrogen-bond acceptors (Lipinski definition) is 3. The van der Waals surface area contributed by atoms with Crippen LogP contribution in [0.25, 0.3) is 0 Å². The van der Waals surface area contributed by atoms with Crippen molar-refractivity contribution in [1.82, 2.24) is 5.32 Å². The second-order valence-electron chi connectivity index (χ2n) is 4.60. The van der Waals surface area contributed by atoms with Crippen LogP contribution in [-0.2, 0) is 4.74 Å². The Labute approximate surface area is 86.8 Å². The van der Waals surface area contributed by atoms with Crippen molar-refractivity contribution in [3.8, 4) is 0 Å². The molecule has 1 heterocycles. The van der Waals surface area contributed by atoms with E-state index in [4.69, 9.17) is 4.74 Å². The highest BCUT2D eigenvalue weighted by Crippen LogP contribution is 2.15. The van der Waals surface area contributed by atoms with Gasteiger partial charge in [0.25, 0.3) is 0 Å². The van der Waals surface area contributed by atoms with Gasteiger partial charge in [-0.15, -0.1) is 0 Å². The Hall–Kier alpha value is -0.120. The summed E-state index contributed by atoms with van der Waals surface area (Å²) in [6, 6.07) is 0.415. The van der Waals surface area contributed by atoms with Gasteiger partial charge in [-0.3, -0.25) is 0 Å². The van der Waals surface area contributed by atoms with Crippen LogP contribution in [0.2, 0.25) is 0 Å². The van der Waals surface area contributed by atoms with Crippen molar-refractivity contribution >= 4 is 0 Å². The molecule has 84 valence electrons. The van der Waals surface area contributed by atoms with E-state index in [-0.39, 0.29) is 6.10 Å². The third kappa shape index (κ3) is 3.56. The first-order chi connectivity index (χ1) is 6.55. The molecule has 0 aliphatic carbocycles. The topological polar surface area (TPSA) is 41.5 Å². The van der Waals surface area contributed by atoms with Crippen molar-refractivity contribution in [2.24, 2.45) is 0 Å². The van der Waals surface area contributed by atoms with Crippen molar-refractivity contribution < 1.29 is 9.84 Å². The van der Waals surface area contributed by atoms with Crippen LogP contribution in [-0.4, -0.2) is 36.0 Å². The Morgan fingerprint density at radius 1 is 1.57 bits per heavy atom. The lowest BCUT2D eigenvalue weighted by atomic mass is 10.00. The fourth-order valence-electron chi connectivity index (χ4n) is 1.98. The molecule has 3 heteroatoms. The number of nitrogens with one attached hydrogen (secondary N) is 1. The lowest BCUT2D eigenvalue weighted by Crippen LogP contribution is -2.44. The Kier molecular flexibility index (Phi) is 4.35. The minimum atomic E-state index is -0.572. The standard InChI is InChI=1S/C11H23NO2/c1-4-6-11(3,13)8-12-10-5-7-14-9(10)2/h9-10,12-13H,4-8H2,1-3H3. The maximum Gasteiger partial charge on any atom is 0.0743 e. The molecule has 1 aliphatic heterocycles. The number of aliphatic hydroxyl groups is 1. The van der Waals surface area contributed by atoms with E-state index in [0.29, 0.717) is 12.6 Å². The molecule has 0 amide bonds. The normalized spacial score (nSPS) is 31.7. The highest BCUT2D eigenvalue weighted by molar-refractivity contribution is 4.83. The molecule has 0 bridgehead atoms. The van der Waals surface area contributed by atoms with E-state index in [1.54, 1.807) is 0 Å². The minimum Gasteiger partial charge on any atom is -0.389 e. The molecule has 0 aromatic heterocycles. The second-order valence-corrected chi connectivity index (χ2v) is 4.60. The zero-order valence-corrected chi connectivity index (χ0v) is 9.55. The van der Waals surface area contributed by atoms with Crippen LogP contribution >= 0.6 is 0 Å². The van der Waals surface area contributed by atoms with Crippen LogP contribution in [0.5, 0.6) is 0 Å². The number of rotatable bonds is 5. The van der Waals surface area contributed by atoms with Crippen molar-refractivity contribution in [2.75, 3.05) is 13.2 Å². The van der Waals surface area contributed by atoms with Crippen molar-refractivity contribution in [1.29, 1.82) is 0 Å². The van der Waals surface area contributed by atoms with E-state index in [9.17, 15) is 5.11 Å². The molecule has 3 atom stereocenters. The van der Waals surface area contributed by atoms with Gasteiger partial charge in [0.05, 0.1) is 11.7 Å². The third-order valence-corrected chi connectivity index (χ3v) is 2.91. The predicted octanol–water partition coefficient (Wildman–Crippen LogP) is 1.30. The summed E-state index contributed by atoms with van der Waals surface area (Å²) in [5.41, 5.74) is -0.572. The molecule has 2 N–H and O–H groups in total. The van der Waals surface area contributed by atoms with Crippen LogP contribution in [0.4, 0.5) is 0 Å². The van der Waals surface area contributed by atoms with Crippen molar-refractivity contribution in [3.05, 3.63) is 0 Å². The van der Waals surface area contributed by atoms with Gasteiger partial charge in [-0.25, -0.2) is 0 Å². The van der Waals surface area contributed by atoms with E-state index < -0.39 is 5.60 Å². The van der Waals surface area contributed by atoms with Gasteiger partial charge >= 0.3 is 0 Å². The number of ether oxygens (including phenoxy) is 1. The summed E-state index contributed by atoms with van der Waals surface area (Å²) >= 11 is 0.